The predicted molar refractivity (Wildman–Crippen MR) is 119 cm³/mol. The molecule has 0 bridgehead atoms. The fourth-order valence-electron chi connectivity index (χ4n) is 3.28. The van der Waals surface area contributed by atoms with Gasteiger partial charge in [-0.3, -0.25) is 0 Å². The van der Waals surface area contributed by atoms with Crippen molar-refractivity contribution in [3.05, 3.63) is 106 Å². The monoisotopic (exact) mass is 379 g/mol. The lowest BCUT2D eigenvalue weighted by molar-refractivity contribution is 0.762. The molecule has 0 amide bonds. The van der Waals surface area contributed by atoms with Gasteiger partial charge in [0, 0.05) is 10.9 Å². The minimum absolute atomic E-state index is 0.163. The van der Waals surface area contributed by atoms with Crippen molar-refractivity contribution in [2.75, 3.05) is 13.1 Å². The first-order valence-corrected chi connectivity index (χ1v) is 10.0. The normalized spacial score (nSPS) is 10.4. The van der Waals surface area contributed by atoms with Crippen molar-refractivity contribution in [2.45, 2.75) is 33.6 Å². The Morgan fingerprint density at radius 1 is 0.667 bits per heavy atom. The van der Waals surface area contributed by atoms with Gasteiger partial charge in [0.25, 0.3) is 0 Å². The van der Waals surface area contributed by atoms with E-state index in [2.05, 4.69) is 93.7 Å². The highest BCUT2D eigenvalue weighted by molar-refractivity contribution is 6.31. The van der Waals surface area contributed by atoms with Gasteiger partial charge < -0.3 is 5.32 Å². The summed E-state index contributed by atoms with van der Waals surface area (Å²) in [6, 6.07) is 25.3. The maximum atomic E-state index is 6.52. The summed E-state index contributed by atoms with van der Waals surface area (Å²) >= 11 is 6.52. The third kappa shape index (κ3) is 5.69. The maximum absolute atomic E-state index is 6.52. The Balaban J connectivity index is 0.000000465. The molecule has 0 aliphatic carbocycles. The van der Waals surface area contributed by atoms with E-state index in [-0.39, 0.29) is 5.92 Å². The van der Waals surface area contributed by atoms with Crippen LogP contribution < -0.4 is 5.32 Å². The van der Waals surface area contributed by atoms with Gasteiger partial charge in [-0.2, -0.15) is 0 Å². The number of hydrogen-bond donors (Lipinski definition) is 1. The molecule has 0 radical (unpaired) electrons. The third-order valence-electron chi connectivity index (χ3n) is 4.72. The van der Waals surface area contributed by atoms with E-state index in [1.807, 2.05) is 12.1 Å². The van der Waals surface area contributed by atoms with Gasteiger partial charge in [0.05, 0.1) is 0 Å². The molecule has 3 aromatic carbocycles. The maximum Gasteiger partial charge on any atom is 0.0447 e. The van der Waals surface area contributed by atoms with Crippen LogP contribution in [0.2, 0.25) is 5.02 Å². The molecule has 142 valence electrons. The van der Waals surface area contributed by atoms with Crippen molar-refractivity contribution in [2.24, 2.45) is 0 Å². The van der Waals surface area contributed by atoms with Crippen LogP contribution in [0.1, 0.15) is 47.6 Å². The molecule has 0 saturated carbocycles. The molecule has 0 heterocycles. The second kappa shape index (κ2) is 10.9. The molecule has 1 nitrogen and oxygen atoms in total. The lowest BCUT2D eigenvalue weighted by Crippen LogP contribution is -2.09. The van der Waals surface area contributed by atoms with Crippen molar-refractivity contribution in [3.8, 4) is 0 Å². The Morgan fingerprint density at radius 2 is 1.07 bits per heavy atom. The third-order valence-corrected chi connectivity index (χ3v) is 5.06. The zero-order chi connectivity index (χ0) is 19.6. The quantitative estimate of drug-likeness (QED) is 0.483. The molecule has 3 aromatic rings. The van der Waals surface area contributed by atoms with Crippen LogP contribution in [-0.4, -0.2) is 13.1 Å². The summed E-state index contributed by atoms with van der Waals surface area (Å²) in [5.41, 5.74) is 6.36. The summed E-state index contributed by atoms with van der Waals surface area (Å²) in [7, 11) is 0. The molecule has 0 aliphatic rings. The van der Waals surface area contributed by atoms with Crippen LogP contribution in [0.15, 0.2) is 72.8 Å². The van der Waals surface area contributed by atoms with Crippen LogP contribution >= 0.6 is 11.6 Å². The van der Waals surface area contributed by atoms with Gasteiger partial charge in [-0.15, -0.1) is 0 Å². The van der Waals surface area contributed by atoms with Gasteiger partial charge in [0.15, 0.2) is 0 Å². The summed E-state index contributed by atoms with van der Waals surface area (Å²) in [5.74, 6) is 0.163. The summed E-state index contributed by atoms with van der Waals surface area (Å²) in [5, 5.41) is 3.93. The van der Waals surface area contributed by atoms with Gasteiger partial charge in [-0.1, -0.05) is 92.2 Å². The lowest BCUT2D eigenvalue weighted by atomic mass is 9.81. The topological polar surface area (TPSA) is 12.0 Å². The molecule has 0 spiro atoms. The molecule has 0 unspecified atom stereocenters. The van der Waals surface area contributed by atoms with Crippen LogP contribution in [-0.2, 0) is 0 Å². The first kappa shape index (κ1) is 21.2. The zero-order valence-electron chi connectivity index (χ0n) is 16.8. The van der Waals surface area contributed by atoms with Gasteiger partial charge in [0.1, 0.15) is 0 Å². The number of aryl methyl sites for hydroxylation is 2. The zero-order valence-corrected chi connectivity index (χ0v) is 17.6. The van der Waals surface area contributed by atoms with Crippen molar-refractivity contribution in [1.82, 2.24) is 5.32 Å². The van der Waals surface area contributed by atoms with E-state index >= 15 is 0 Å². The van der Waals surface area contributed by atoms with E-state index in [0.29, 0.717) is 0 Å². The van der Waals surface area contributed by atoms with Crippen molar-refractivity contribution in [1.29, 1.82) is 0 Å². The highest BCUT2D eigenvalue weighted by atomic mass is 35.5. The Labute approximate surface area is 169 Å². The average Bonchev–Trinajstić information content (AvgIpc) is 2.67. The van der Waals surface area contributed by atoms with Crippen molar-refractivity contribution >= 4 is 11.6 Å². The summed E-state index contributed by atoms with van der Waals surface area (Å²) < 4.78 is 0. The van der Waals surface area contributed by atoms with E-state index in [0.717, 1.165) is 23.7 Å². The van der Waals surface area contributed by atoms with E-state index in [4.69, 9.17) is 11.6 Å². The summed E-state index contributed by atoms with van der Waals surface area (Å²) in [6.07, 6.45) is 0. The first-order chi connectivity index (χ1) is 13.1. The Morgan fingerprint density at radius 3 is 1.44 bits per heavy atom. The molecule has 2 heteroatoms. The molecular formula is C25H30ClN. The SMILES string of the molecule is CCNCC.Cc1ccccc1C(c1ccccc1C)c1ccccc1Cl. The smallest absolute Gasteiger partial charge is 0.0447 e. The highest BCUT2D eigenvalue weighted by Crippen LogP contribution is 2.38. The molecule has 27 heavy (non-hydrogen) atoms. The fourth-order valence-corrected chi connectivity index (χ4v) is 3.53. The Kier molecular flexibility index (Phi) is 8.57. The molecule has 3 rings (SSSR count). The van der Waals surface area contributed by atoms with Crippen LogP contribution in [0.5, 0.6) is 0 Å². The lowest BCUT2D eigenvalue weighted by Gasteiger charge is -2.23. The molecule has 0 atom stereocenters. The molecule has 0 aromatic heterocycles. The second-order valence-corrected chi connectivity index (χ2v) is 7.03. The number of nitrogens with one attached hydrogen (secondary N) is 1. The molecule has 0 aliphatic heterocycles. The van der Waals surface area contributed by atoms with E-state index in [1.54, 1.807) is 0 Å². The van der Waals surface area contributed by atoms with Crippen LogP contribution in [0, 0.1) is 13.8 Å². The van der Waals surface area contributed by atoms with Crippen LogP contribution in [0.4, 0.5) is 0 Å². The van der Waals surface area contributed by atoms with E-state index < -0.39 is 0 Å². The average molecular weight is 380 g/mol. The number of benzene rings is 3. The number of halogens is 1. The van der Waals surface area contributed by atoms with Gasteiger partial charge in [-0.05, 0) is 60.8 Å². The highest BCUT2D eigenvalue weighted by Gasteiger charge is 2.21. The minimum atomic E-state index is 0.163. The standard InChI is InChI=1S/C21H19Cl.C4H11N/c1-15-9-3-5-11-17(15)21(18-12-6-4-10-16(18)2)19-13-7-8-14-20(19)22;1-3-5-4-2/h3-14,21H,1-2H3;5H,3-4H2,1-2H3. The van der Waals surface area contributed by atoms with Gasteiger partial charge >= 0.3 is 0 Å². The molecule has 1 N–H and O–H groups in total. The second-order valence-electron chi connectivity index (χ2n) is 6.62. The minimum Gasteiger partial charge on any atom is -0.317 e. The summed E-state index contributed by atoms with van der Waals surface area (Å²) in [6.45, 7) is 10.7. The first-order valence-electron chi connectivity index (χ1n) is 9.66. The Hall–Kier alpha value is -2.09. The predicted octanol–water partition coefficient (Wildman–Crippen LogP) is 6.75. The number of rotatable bonds is 5. The van der Waals surface area contributed by atoms with Gasteiger partial charge in [0.2, 0.25) is 0 Å². The van der Waals surface area contributed by atoms with Gasteiger partial charge in [-0.25, -0.2) is 0 Å². The number of hydrogen-bond acceptors (Lipinski definition) is 1. The van der Waals surface area contributed by atoms with E-state index in [9.17, 15) is 0 Å². The molecular weight excluding hydrogens is 350 g/mol. The van der Waals surface area contributed by atoms with Crippen LogP contribution in [0.3, 0.4) is 0 Å². The Bertz CT molecular complexity index is 731. The largest absolute Gasteiger partial charge is 0.317 e. The van der Waals surface area contributed by atoms with Crippen LogP contribution in [0.25, 0.3) is 0 Å². The fraction of sp³-hybridized carbons (Fsp3) is 0.280. The van der Waals surface area contributed by atoms with Crippen molar-refractivity contribution in [3.63, 3.8) is 0 Å². The van der Waals surface area contributed by atoms with E-state index in [1.165, 1.54) is 22.3 Å². The molecule has 0 saturated heterocycles. The molecule has 0 fully saturated rings. The van der Waals surface area contributed by atoms with Crippen molar-refractivity contribution < 1.29 is 0 Å². The summed E-state index contributed by atoms with van der Waals surface area (Å²) in [4.78, 5) is 0.